The van der Waals surface area contributed by atoms with Crippen LogP contribution in [-0.4, -0.2) is 19.2 Å². The summed E-state index contributed by atoms with van der Waals surface area (Å²) in [7, 11) is 1.75. The van der Waals surface area contributed by atoms with Crippen molar-refractivity contribution in [2.24, 2.45) is 17.3 Å². The molecular weight excluding hydrogens is 312 g/mol. The molecule has 0 amide bonds. The van der Waals surface area contributed by atoms with E-state index in [0.29, 0.717) is 11.8 Å². The summed E-state index contributed by atoms with van der Waals surface area (Å²) in [5.74, 6) is 2.95. The van der Waals surface area contributed by atoms with Gasteiger partial charge in [0.05, 0.1) is 7.11 Å². The molecule has 1 aromatic rings. The lowest BCUT2D eigenvalue weighted by atomic mass is 9.50. The summed E-state index contributed by atoms with van der Waals surface area (Å²) in [5.41, 5.74) is 3.19. The molecule has 136 valence electrons. The van der Waals surface area contributed by atoms with E-state index in [1.165, 1.54) is 37.7 Å². The van der Waals surface area contributed by atoms with Gasteiger partial charge in [-0.1, -0.05) is 13.0 Å². The number of fused-ring (bicyclic) bond motifs is 5. The Labute approximate surface area is 151 Å². The number of methoxy groups -OCH3 is 1. The van der Waals surface area contributed by atoms with Crippen molar-refractivity contribution < 1.29 is 14.3 Å². The number of ether oxygens (including phenoxy) is 2. The first-order chi connectivity index (χ1) is 12.0. The average Bonchev–Trinajstić information content (AvgIpc) is 2.61. The lowest BCUT2D eigenvalue weighted by molar-refractivity contribution is -0.168. The normalized spacial score (nSPS) is 36.6. The standard InChI is InChI=1S/C22H30O3/c1-14(23)25-21-6-4-5-20-19-9-7-15-13-16(24-3)8-10-17(15)18(19)11-12-22(20,21)2/h8,10,13,18-21H,4-7,9,11-12H2,1-3H3/t18-,19+,20-,21-,22-/m0/s1. The van der Waals surface area contributed by atoms with Crippen LogP contribution < -0.4 is 4.74 Å². The van der Waals surface area contributed by atoms with Gasteiger partial charge in [0.25, 0.3) is 0 Å². The zero-order chi connectivity index (χ0) is 17.6. The van der Waals surface area contributed by atoms with Gasteiger partial charge in [-0.05, 0) is 86.0 Å². The van der Waals surface area contributed by atoms with E-state index in [1.807, 2.05) is 0 Å². The van der Waals surface area contributed by atoms with Crippen LogP contribution in [0.1, 0.15) is 69.4 Å². The lowest BCUT2D eigenvalue weighted by Crippen LogP contribution is -2.52. The molecule has 0 N–H and O–H groups in total. The second-order valence-electron chi connectivity index (χ2n) is 8.55. The van der Waals surface area contributed by atoms with Crippen molar-refractivity contribution in [1.29, 1.82) is 0 Å². The van der Waals surface area contributed by atoms with Gasteiger partial charge in [0.1, 0.15) is 11.9 Å². The highest BCUT2D eigenvalue weighted by atomic mass is 16.5. The van der Waals surface area contributed by atoms with E-state index in [2.05, 4.69) is 25.1 Å². The summed E-state index contributed by atoms with van der Waals surface area (Å²) in [6.07, 6.45) is 8.44. The van der Waals surface area contributed by atoms with E-state index in [0.717, 1.165) is 24.5 Å². The Hall–Kier alpha value is -1.51. The highest BCUT2D eigenvalue weighted by Crippen LogP contribution is 2.60. The molecule has 3 aliphatic carbocycles. The molecule has 3 nitrogen and oxygen atoms in total. The summed E-state index contributed by atoms with van der Waals surface area (Å²) >= 11 is 0. The minimum absolute atomic E-state index is 0.113. The molecule has 0 spiro atoms. The molecule has 0 bridgehead atoms. The quantitative estimate of drug-likeness (QED) is 0.719. The van der Waals surface area contributed by atoms with Crippen LogP contribution in [0.5, 0.6) is 5.75 Å². The molecule has 25 heavy (non-hydrogen) atoms. The van der Waals surface area contributed by atoms with Crippen molar-refractivity contribution in [2.75, 3.05) is 7.11 Å². The Balaban J connectivity index is 1.63. The first-order valence-electron chi connectivity index (χ1n) is 9.87. The second kappa shape index (κ2) is 6.34. The Bertz CT molecular complexity index is 667. The molecule has 2 saturated carbocycles. The topological polar surface area (TPSA) is 35.5 Å². The van der Waals surface area contributed by atoms with Crippen molar-refractivity contribution in [2.45, 2.75) is 70.8 Å². The second-order valence-corrected chi connectivity index (χ2v) is 8.55. The predicted molar refractivity (Wildman–Crippen MR) is 97.8 cm³/mol. The number of esters is 1. The predicted octanol–water partition coefficient (Wildman–Crippen LogP) is 4.87. The fraction of sp³-hybridized carbons (Fsp3) is 0.682. The molecule has 2 fully saturated rings. The van der Waals surface area contributed by atoms with E-state index in [9.17, 15) is 4.79 Å². The molecule has 3 heteroatoms. The summed E-state index contributed by atoms with van der Waals surface area (Å²) in [6, 6.07) is 6.67. The Morgan fingerprint density at radius 3 is 2.80 bits per heavy atom. The van der Waals surface area contributed by atoms with Crippen molar-refractivity contribution in [3.05, 3.63) is 29.3 Å². The van der Waals surface area contributed by atoms with Crippen molar-refractivity contribution >= 4 is 5.97 Å². The fourth-order valence-electron chi connectivity index (χ4n) is 6.22. The minimum Gasteiger partial charge on any atom is -0.497 e. The molecular formula is C22H30O3. The first-order valence-corrected chi connectivity index (χ1v) is 9.87. The van der Waals surface area contributed by atoms with Gasteiger partial charge in [-0.2, -0.15) is 0 Å². The van der Waals surface area contributed by atoms with Gasteiger partial charge < -0.3 is 9.47 Å². The smallest absolute Gasteiger partial charge is 0.302 e. The Morgan fingerprint density at radius 2 is 2.04 bits per heavy atom. The van der Waals surface area contributed by atoms with Crippen molar-refractivity contribution in [1.82, 2.24) is 0 Å². The van der Waals surface area contributed by atoms with E-state index in [1.54, 1.807) is 19.6 Å². The van der Waals surface area contributed by atoms with Crippen LogP contribution >= 0.6 is 0 Å². The van der Waals surface area contributed by atoms with Crippen LogP contribution in [0.4, 0.5) is 0 Å². The van der Waals surface area contributed by atoms with E-state index in [-0.39, 0.29) is 17.5 Å². The third kappa shape index (κ3) is 2.76. The highest BCUT2D eigenvalue weighted by Gasteiger charge is 2.54. The molecule has 4 rings (SSSR count). The summed E-state index contributed by atoms with van der Waals surface area (Å²) in [5, 5.41) is 0. The maximum atomic E-state index is 11.6. The number of aryl methyl sites for hydroxylation is 1. The van der Waals surface area contributed by atoms with Crippen LogP contribution in [0.15, 0.2) is 18.2 Å². The van der Waals surface area contributed by atoms with E-state index >= 15 is 0 Å². The Morgan fingerprint density at radius 1 is 1.20 bits per heavy atom. The van der Waals surface area contributed by atoms with Gasteiger partial charge in [0.2, 0.25) is 0 Å². The van der Waals surface area contributed by atoms with E-state index < -0.39 is 0 Å². The summed E-state index contributed by atoms with van der Waals surface area (Å²) < 4.78 is 11.2. The summed E-state index contributed by atoms with van der Waals surface area (Å²) in [4.78, 5) is 11.6. The zero-order valence-electron chi connectivity index (χ0n) is 15.7. The summed E-state index contributed by atoms with van der Waals surface area (Å²) in [6.45, 7) is 3.95. The number of hydrogen-bond acceptors (Lipinski definition) is 3. The maximum Gasteiger partial charge on any atom is 0.302 e. The maximum absolute atomic E-state index is 11.6. The largest absolute Gasteiger partial charge is 0.497 e. The molecule has 0 unspecified atom stereocenters. The average molecular weight is 342 g/mol. The molecule has 0 aromatic heterocycles. The number of carbonyl (C=O) groups excluding carboxylic acids is 1. The van der Waals surface area contributed by atoms with Crippen LogP contribution in [0, 0.1) is 17.3 Å². The lowest BCUT2D eigenvalue weighted by Gasteiger charge is -2.56. The van der Waals surface area contributed by atoms with Crippen molar-refractivity contribution in [3.63, 3.8) is 0 Å². The SMILES string of the molecule is COc1ccc2c(c1)CC[C@@H]1[C@H]2CC[C@]2(C)[C@@H](OC(C)=O)CCC[C@@H]12. The van der Waals surface area contributed by atoms with Gasteiger partial charge in [-0.25, -0.2) is 0 Å². The van der Waals surface area contributed by atoms with Gasteiger partial charge in [-0.3, -0.25) is 4.79 Å². The monoisotopic (exact) mass is 342 g/mol. The zero-order valence-corrected chi connectivity index (χ0v) is 15.7. The van der Waals surface area contributed by atoms with Crippen LogP contribution in [0.2, 0.25) is 0 Å². The van der Waals surface area contributed by atoms with Crippen LogP contribution in [-0.2, 0) is 16.0 Å². The molecule has 1 aromatic carbocycles. The van der Waals surface area contributed by atoms with Gasteiger partial charge in [-0.15, -0.1) is 0 Å². The molecule has 0 radical (unpaired) electrons. The molecule has 0 saturated heterocycles. The highest BCUT2D eigenvalue weighted by molar-refractivity contribution is 5.66. The minimum atomic E-state index is -0.116. The van der Waals surface area contributed by atoms with Gasteiger partial charge >= 0.3 is 5.97 Å². The van der Waals surface area contributed by atoms with E-state index in [4.69, 9.17) is 9.47 Å². The third-order valence-corrected chi connectivity index (χ3v) is 7.40. The van der Waals surface area contributed by atoms with Crippen LogP contribution in [0.3, 0.4) is 0 Å². The number of benzene rings is 1. The van der Waals surface area contributed by atoms with Crippen molar-refractivity contribution in [3.8, 4) is 5.75 Å². The molecule has 0 heterocycles. The first kappa shape index (κ1) is 16.9. The number of rotatable bonds is 2. The Kier molecular flexibility index (Phi) is 4.29. The van der Waals surface area contributed by atoms with Gasteiger partial charge in [0.15, 0.2) is 0 Å². The van der Waals surface area contributed by atoms with Gasteiger partial charge in [0, 0.05) is 12.3 Å². The third-order valence-electron chi connectivity index (χ3n) is 7.40. The van der Waals surface area contributed by atoms with Crippen LogP contribution in [0.25, 0.3) is 0 Å². The molecule has 0 aliphatic heterocycles. The molecule has 5 atom stereocenters. The fourth-order valence-corrected chi connectivity index (χ4v) is 6.22. The number of carbonyl (C=O) groups is 1. The number of hydrogen-bond donors (Lipinski definition) is 0. The molecule has 3 aliphatic rings.